The van der Waals surface area contributed by atoms with Gasteiger partial charge in [0.15, 0.2) is 5.16 Å². The number of thiazole rings is 1. The van der Waals surface area contributed by atoms with Crippen LogP contribution in [0.2, 0.25) is 0 Å². The van der Waals surface area contributed by atoms with Crippen molar-refractivity contribution in [3.63, 3.8) is 0 Å². The molecule has 5 rings (SSSR count). The first-order valence-corrected chi connectivity index (χ1v) is 11.7. The van der Waals surface area contributed by atoms with Gasteiger partial charge in [-0.15, -0.1) is 11.3 Å². The lowest BCUT2D eigenvalue weighted by Crippen LogP contribution is -2.36. The largest absolute Gasteiger partial charge is 0.301 e. The number of carbonyl (C=O) groups excluding carboxylic acids is 1. The van der Waals surface area contributed by atoms with Crippen molar-refractivity contribution in [1.29, 1.82) is 0 Å². The molecule has 0 aliphatic carbocycles. The number of nitrogens with zero attached hydrogens (tertiary/aromatic N) is 4. The number of amides is 1. The van der Waals surface area contributed by atoms with E-state index in [9.17, 15) is 9.59 Å². The number of benzene rings is 2. The molecule has 1 aliphatic heterocycles. The van der Waals surface area contributed by atoms with Crippen molar-refractivity contribution in [3.8, 4) is 11.1 Å². The van der Waals surface area contributed by atoms with E-state index in [1.165, 1.54) is 29.3 Å². The van der Waals surface area contributed by atoms with E-state index in [4.69, 9.17) is 0 Å². The number of carbonyl (C=O) groups is 1. The molecule has 0 spiro atoms. The average molecular weight is 447 g/mol. The highest BCUT2D eigenvalue weighted by molar-refractivity contribution is 7.99. The molecule has 2 aromatic carbocycles. The summed E-state index contributed by atoms with van der Waals surface area (Å²) < 4.78 is 1.58. The van der Waals surface area contributed by atoms with Crippen LogP contribution >= 0.6 is 23.1 Å². The molecule has 0 radical (unpaired) electrons. The van der Waals surface area contributed by atoms with Gasteiger partial charge in [0.1, 0.15) is 10.6 Å². The highest BCUT2D eigenvalue weighted by Crippen LogP contribution is 2.26. The SMILES string of the molecule is O=C(c1cnc2n(c1=O)CCS2)N(Cc1nccs1)c1ccc(-c2ccccc2)cc1. The number of rotatable bonds is 5. The van der Waals surface area contributed by atoms with Crippen molar-refractivity contribution < 1.29 is 4.79 Å². The van der Waals surface area contributed by atoms with Crippen LogP contribution in [0.1, 0.15) is 15.4 Å². The second kappa shape index (κ2) is 8.49. The summed E-state index contributed by atoms with van der Waals surface area (Å²) in [5.41, 5.74) is 2.66. The van der Waals surface area contributed by atoms with Gasteiger partial charge >= 0.3 is 0 Å². The number of aromatic nitrogens is 3. The monoisotopic (exact) mass is 446 g/mol. The first-order valence-electron chi connectivity index (χ1n) is 9.79. The maximum atomic E-state index is 13.5. The van der Waals surface area contributed by atoms with Gasteiger partial charge in [-0.05, 0) is 23.3 Å². The molecule has 0 fully saturated rings. The summed E-state index contributed by atoms with van der Waals surface area (Å²) in [4.78, 5) is 36.7. The average Bonchev–Trinajstić information content (AvgIpc) is 3.50. The van der Waals surface area contributed by atoms with Crippen molar-refractivity contribution in [2.24, 2.45) is 0 Å². The predicted molar refractivity (Wildman–Crippen MR) is 124 cm³/mol. The van der Waals surface area contributed by atoms with E-state index in [-0.39, 0.29) is 23.6 Å². The second-order valence-corrected chi connectivity index (χ2v) is 9.03. The molecular weight excluding hydrogens is 428 g/mol. The third-order valence-corrected chi connectivity index (χ3v) is 6.83. The molecule has 2 aromatic heterocycles. The molecule has 3 heterocycles. The Morgan fingerprint density at radius 3 is 2.55 bits per heavy atom. The van der Waals surface area contributed by atoms with Gasteiger partial charge in [-0.1, -0.05) is 54.2 Å². The third-order valence-electron chi connectivity index (χ3n) is 5.10. The zero-order valence-electron chi connectivity index (χ0n) is 16.5. The lowest BCUT2D eigenvalue weighted by molar-refractivity contribution is 0.0982. The maximum absolute atomic E-state index is 13.5. The zero-order valence-corrected chi connectivity index (χ0v) is 18.1. The summed E-state index contributed by atoms with van der Waals surface area (Å²) >= 11 is 3.00. The number of fused-ring (bicyclic) bond motifs is 1. The van der Waals surface area contributed by atoms with Crippen molar-refractivity contribution >= 4 is 34.7 Å². The molecule has 6 nitrogen and oxygen atoms in total. The first-order chi connectivity index (χ1) is 15.2. The smallest absolute Gasteiger partial charge is 0.267 e. The van der Waals surface area contributed by atoms with Gasteiger partial charge in [-0.25, -0.2) is 9.97 Å². The summed E-state index contributed by atoms with van der Waals surface area (Å²) in [6, 6.07) is 17.8. The molecule has 0 atom stereocenters. The summed E-state index contributed by atoms with van der Waals surface area (Å²) in [6.45, 7) is 0.863. The van der Waals surface area contributed by atoms with E-state index in [0.29, 0.717) is 17.4 Å². The standard InChI is InChI=1S/C23H18N4O2S2/c28-21-19(14-25-23-26(21)11-13-31-23)22(29)27(15-20-24-10-12-30-20)18-8-6-17(7-9-18)16-4-2-1-3-5-16/h1-10,12,14H,11,13,15H2. The highest BCUT2D eigenvalue weighted by atomic mass is 32.2. The van der Waals surface area contributed by atoms with Gasteiger partial charge < -0.3 is 4.90 Å². The van der Waals surface area contributed by atoms with Crippen LogP contribution < -0.4 is 10.5 Å². The molecular formula is C23H18N4O2S2. The summed E-state index contributed by atoms with van der Waals surface area (Å²) in [7, 11) is 0. The van der Waals surface area contributed by atoms with Crippen LogP contribution in [-0.2, 0) is 13.1 Å². The molecule has 0 bridgehead atoms. The van der Waals surface area contributed by atoms with Crippen molar-refractivity contribution in [1.82, 2.24) is 14.5 Å². The van der Waals surface area contributed by atoms with Crippen molar-refractivity contribution in [2.45, 2.75) is 18.2 Å². The Labute approximate surface area is 187 Å². The molecule has 4 aromatic rings. The van der Waals surface area contributed by atoms with E-state index in [1.807, 2.05) is 60.0 Å². The summed E-state index contributed by atoms with van der Waals surface area (Å²) in [5.74, 6) is 0.427. The lowest BCUT2D eigenvalue weighted by atomic mass is 10.1. The van der Waals surface area contributed by atoms with Crippen molar-refractivity contribution in [3.05, 3.63) is 93.3 Å². The Hall–Kier alpha value is -3.23. The van der Waals surface area contributed by atoms with Gasteiger partial charge in [0, 0.05) is 35.8 Å². The Balaban J connectivity index is 1.52. The fraction of sp³-hybridized carbons (Fsp3) is 0.130. The first kappa shape index (κ1) is 19.7. The quantitative estimate of drug-likeness (QED) is 0.427. The fourth-order valence-corrected chi connectivity index (χ4v) is 5.04. The van der Waals surface area contributed by atoms with Crippen LogP contribution in [0.15, 0.2) is 82.3 Å². The van der Waals surface area contributed by atoms with Gasteiger partial charge in [0.2, 0.25) is 0 Å². The van der Waals surface area contributed by atoms with E-state index < -0.39 is 0 Å². The molecule has 154 valence electrons. The molecule has 31 heavy (non-hydrogen) atoms. The van der Waals surface area contributed by atoms with Crippen LogP contribution in [0.3, 0.4) is 0 Å². The van der Waals surface area contributed by atoms with Crippen LogP contribution in [0.5, 0.6) is 0 Å². The zero-order chi connectivity index (χ0) is 21.2. The Morgan fingerprint density at radius 1 is 1.03 bits per heavy atom. The minimum atomic E-state index is -0.368. The summed E-state index contributed by atoms with van der Waals surface area (Å²) in [6.07, 6.45) is 3.12. The van der Waals surface area contributed by atoms with E-state index in [0.717, 1.165) is 21.9 Å². The highest BCUT2D eigenvalue weighted by Gasteiger charge is 2.25. The van der Waals surface area contributed by atoms with Crippen LogP contribution in [0.25, 0.3) is 11.1 Å². The van der Waals surface area contributed by atoms with E-state index in [2.05, 4.69) is 9.97 Å². The molecule has 8 heteroatoms. The molecule has 0 saturated heterocycles. The third kappa shape index (κ3) is 3.92. The molecule has 0 unspecified atom stereocenters. The minimum Gasteiger partial charge on any atom is -0.301 e. The van der Waals surface area contributed by atoms with E-state index in [1.54, 1.807) is 15.7 Å². The number of thioether (sulfide) groups is 1. The molecule has 0 saturated carbocycles. The Morgan fingerprint density at radius 2 is 1.81 bits per heavy atom. The van der Waals surface area contributed by atoms with Gasteiger partial charge in [-0.2, -0.15) is 0 Å². The normalized spacial score (nSPS) is 12.5. The maximum Gasteiger partial charge on any atom is 0.267 e. The number of anilines is 1. The predicted octanol–water partition coefficient (Wildman–Crippen LogP) is 4.32. The second-order valence-electron chi connectivity index (χ2n) is 6.99. The molecule has 1 amide bonds. The minimum absolute atomic E-state index is 0.0787. The Kier molecular flexibility index (Phi) is 5.40. The lowest BCUT2D eigenvalue weighted by Gasteiger charge is -2.22. The van der Waals surface area contributed by atoms with Crippen LogP contribution in [0, 0.1) is 0 Å². The fourth-order valence-electron chi connectivity index (χ4n) is 3.52. The van der Waals surface area contributed by atoms with E-state index >= 15 is 0 Å². The van der Waals surface area contributed by atoms with Crippen LogP contribution in [0.4, 0.5) is 5.69 Å². The Bertz CT molecular complexity index is 1270. The van der Waals surface area contributed by atoms with Gasteiger partial charge in [-0.3, -0.25) is 14.2 Å². The number of hydrogen-bond acceptors (Lipinski definition) is 6. The molecule has 1 aliphatic rings. The summed E-state index contributed by atoms with van der Waals surface area (Å²) in [5, 5.41) is 3.34. The van der Waals surface area contributed by atoms with Gasteiger partial charge in [0.05, 0.1) is 6.54 Å². The molecule has 0 N–H and O–H groups in total. The topological polar surface area (TPSA) is 68.1 Å². The van der Waals surface area contributed by atoms with Crippen molar-refractivity contribution in [2.75, 3.05) is 10.7 Å². The van der Waals surface area contributed by atoms with Gasteiger partial charge in [0.25, 0.3) is 11.5 Å². The number of hydrogen-bond donors (Lipinski definition) is 0. The van der Waals surface area contributed by atoms with Crippen LogP contribution in [-0.4, -0.2) is 26.2 Å².